The van der Waals surface area contributed by atoms with Gasteiger partial charge in [-0.05, 0) is 39.3 Å². The fraction of sp³-hybridized carbons (Fsp3) is 0.455. The van der Waals surface area contributed by atoms with Gasteiger partial charge in [-0.15, -0.1) is 6.58 Å². The number of nitrogens with zero attached hydrogens (tertiary/aromatic N) is 1. The van der Waals surface area contributed by atoms with Gasteiger partial charge in [0.25, 0.3) is 9.05 Å². The fourth-order valence-corrected chi connectivity index (χ4v) is 1.35. The van der Waals surface area contributed by atoms with Crippen LogP contribution in [0.1, 0.15) is 24.7 Å². The van der Waals surface area contributed by atoms with Crippen LogP contribution in [-0.2, 0) is 26.8 Å². The zero-order valence-corrected chi connectivity index (χ0v) is 12.0. The molecule has 4 nitrogen and oxygen atoms in total. The molecule has 1 heterocycles. The fourth-order valence-electron chi connectivity index (χ4n) is 1.35. The van der Waals surface area contributed by atoms with Crippen LogP contribution >= 0.6 is 0 Å². The predicted molar refractivity (Wildman–Crippen MR) is 74.1 cm³/mol. The molecule has 1 rings (SSSR count). The van der Waals surface area contributed by atoms with Crippen LogP contribution in [0.4, 0.5) is 0 Å². The highest BCUT2D eigenvalue weighted by Gasteiger charge is 1.99. The Morgan fingerprint density at radius 2 is 1.76 bits per heavy atom. The van der Waals surface area contributed by atoms with Gasteiger partial charge in [0.1, 0.15) is 0 Å². The molecule has 0 aliphatic rings. The molecule has 0 radical (unpaired) electrons. The summed E-state index contributed by atoms with van der Waals surface area (Å²) in [4.78, 5) is 0. The second kappa shape index (κ2) is 6.90. The smallest absolute Gasteiger partial charge is 0.263 e. The third kappa shape index (κ3) is 9.05. The van der Waals surface area contributed by atoms with Gasteiger partial charge >= 0.3 is 0 Å². The van der Waals surface area contributed by atoms with Crippen LogP contribution in [0.5, 0.6) is 0 Å². The van der Waals surface area contributed by atoms with Gasteiger partial charge in [-0.3, -0.25) is 9.11 Å². The predicted octanol–water partition coefficient (Wildman–Crippen LogP) is 2.75. The van der Waals surface area contributed by atoms with E-state index in [4.69, 9.17) is 13.3 Å². The molecular formula is C11H19NO3S2. The first-order chi connectivity index (χ1) is 7.61. The Morgan fingerprint density at radius 1 is 1.41 bits per heavy atom. The van der Waals surface area contributed by atoms with E-state index in [1.807, 2.05) is 0 Å². The van der Waals surface area contributed by atoms with E-state index < -0.39 is 9.05 Å². The van der Waals surface area contributed by atoms with Crippen molar-refractivity contribution in [2.45, 2.75) is 33.7 Å². The Labute approximate surface area is 108 Å². The van der Waals surface area contributed by atoms with Crippen molar-refractivity contribution in [3.63, 3.8) is 0 Å². The molecule has 1 aromatic heterocycles. The standard InChI is InChI=1S/C11H17N.H2O3S2/c1-9(2)7-8-12-10(3)5-6-11(12)4;1-5(2,3)4/h5-6H,1,7-8H2,2-4H3;(H2,1,2,3,4). The molecule has 98 valence electrons. The summed E-state index contributed by atoms with van der Waals surface area (Å²) in [6.45, 7) is 11.3. The lowest BCUT2D eigenvalue weighted by molar-refractivity contribution is 0.450. The van der Waals surface area contributed by atoms with Crippen molar-refractivity contribution in [3.05, 3.63) is 35.7 Å². The average Bonchev–Trinajstić information content (AvgIpc) is 2.40. The van der Waals surface area contributed by atoms with Crippen LogP contribution in [0.2, 0.25) is 0 Å². The normalized spacial score (nSPS) is 10.6. The number of allylic oxidation sites excluding steroid dienone is 1. The third-order valence-electron chi connectivity index (χ3n) is 2.18. The minimum absolute atomic E-state index is 1.07. The summed E-state index contributed by atoms with van der Waals surface area (Å²) < 4.78 is 26.3. The Morgan fingerprint density at radius 3 is 2.06 bits per heavy atom. The lowest BCUT2D eigenvalue weighted by atomic mass is 10.2. The topological polar surface area (TPSA) is 62.5 Å². The second-order valence-electron chi connectivity index (χ2n) is 3.92. The Kier molecular flexibility index (Phi) is 6.62. The Bertz CT molecular complexity index is 447. The van der Waals surface area contributed by atoms with Gasteiger partial charge in [0.15, 0.2) is 0 Å². The van der Waals surface area contributed by atoms with Gasteiger partial charge in [0.05, 0.1) is 0 Å². The first kappa shape index (κ1) is 16.3. The first-order valence-electron chi connectivity index (χ1n) is 5.08. The van der Waals surface area contributed by atoms with E-state index in [0.29, 0.717) is 0 Å². The Balaban J connectivity index is 0.000000437. The second-order valence-corrected chi connectivity index (χ2v) is 6.12. The quantitative estimate of drug-likeness (QED) is 0.834. The number of hydrogen-bond acceptors (Lipinski definition) is 2. The molecule has 1 aromatic rings. The van der Waals surface area contributed by atoms with E-state index in [1.165, 1.54) is 17.0 Å². The van der Waals surface area contributed by atoms with Crippen molar-refractivity contribution in [2.75, 3.05) is 0 Å². The van der Waals surface area contributed by atoms with Crippen molar-refractivity contribution >= 4 is 20.2 Å². The van der Waals surface area contributed by atoms with Crippen molar-refractivity contribution in [2.24, 2.45) is 0 Å². The zero-order valence-electron chi connectivity index (χ0n) is 10.3. The molecular weight excluding hydrogens is 258 g/mol. The van der Waals surface area contributed by atoms with Crippen molar-refractivity contribution in [1.29, 1.82) is 0 Å². The summed E-state index contributed by atoms with van der Waals surface area (Å²) in [5, 5.41) is 0. The molecule has 17 heavy (non-hydrogen) atoms. The highest BCUT2D eigenvalue weighted by Crippen LogP contribution is 2.09. The monoisotopic (exact) mass is 277 g/mol. The number of aromatic nitrogens is 1. The summed E-state index contributed by atoms with van der Waals surface area (Å²) >= 11 is 3.47. The van der Waals surface area contributed by atoms with E-state index in [2.05, 4.69) is 55.2 Å². The molecule has 0 amide bonds. The third-order valence-corrected chi connectivity index (χ3v) is 2.18. The van der Waals surface area contributed by atoms with Crippen molar-refractivity contribution in [3.8, 4) is 0 Å². The number of aryl methyl sites for hydroxylation is 2. The SMILES string of the molecule is C=C(C)CCn1c(C)ccc1C.O=S(O)(O)=S. The van der Waals surface area contributed by atoms with Gasteiger partial charge in [-0.1, -0.05) is 5.57 Å². The molecule has 0 aromatic carbocycles. The highest BCUT2D eigenvalue weighted by molar-refractivity contribution is 8.26. The lowest BCUT2D eigenvalue weighted by Gasteiger charge is -2.08. The maximum Gasteiger partial charge on any atom is 0.263 e. The minimum atomic E-state index is -3.83. The summed E-state index contributed by atoms with van der Waals surface area (Å²) in [6.07, 6.45) is 1.08. The molecule has 0 fully saturated rings. The van der Waals surface area contributed by atoms with Gasteiger partial charge in [0.2, 0.25) is 0 Å². The molecule has 0 aliphatic heterocycles. The highest BCUT2D eigenvalue weighted by atomic mass is 32.9. The summed E-state index contributed by atoms with van der Waals surface area (Å²) in [5.74, 6) is 0. The maximum atomic E-state index is 9.11. The van der Waals surface area contributed by atoms with Crippen molar-refractivity contribution < 1.29 is 13.3 Å². The maximum absolute atomic E-state index is 9.11. The van der Waals surface area contributed by atoms with Gasteiger partial charge < -0.3 is 4.57 Å². The molecule has 2 N–H and O–H groups in total. The van der Waals surface area contributed by atoms with Gasteiger partial charge in [-0.2, -0.15) is 4.21 Å². The molecule has 0 saturated carbocycles. The molecule has 0 spiro atoms. The molecule has 0 atom stereocenters. The zero-order chi connectivity index (χ0) is 13.6. The van der Waals surface area contributed by atoms with Crippen LogP contribution in [-0.4, -0.2) is 17.9 Å². The van der Waals surface area contributed by atoms with Crippen LogP contribution in [0, 0.1) is 13.8 Å². The molecule has 0 aliphatic carbocycles. The van der Waals surface area contributed by atoms with Gasteiger partial charge in [-0.25, -0.2) is 0 Å². The van der Waals surface area contributed by atoms with Crippen LogP contribution in [0.15, 0.2) is 24.3 Å². The number of hydrogen-bond donors (Lipinski definition) is 2. The largest absolute Gasteiger partial charge is 0.349 e. The molecule has 6 heteroatoms. The Hall–Kier alpha value is -0.690. The average molecular weight is 277 g/mol. The van der Waals surface area contributed by atoms with Crippen LogP contribution < -0.4 is 0 Å². The summed E-state index contributed by atoms with van der Waals surface area (Å²) in [7, 11) is -3.83. The minimum Gasteiger partial charge on any atom is -0.349 e. The molecule has 0 unspecified atom stereocenters. The van der Waals surface area contributed by atoms with E-state index in [9.17, 15) is 0 Å². The van der Waals surface area contributed by atoms with E-state index in [0.717, 1.165) is 13.0 Å². The molecule has 0 saturated heterocycles. The van der Waals surface area contributed by atoms with E-state index >= 15 is 0 Å². The van der Waals surface area contributed by atoms with Crippen molar-refractivity contribution in [1.82, 2.24) is 4.57 Å². The lowest BCUT2D eigenvalue weighted by Crippen LogP contribution is -2.02. The summed E-state index contributed by atoms with van der Waals surface area (Å²) in [5.41, 5.74) is 3.94. The first-order valence-corrected chi connectivity index (χ1v) is 7.48. The van der Waals surface area contributed by atoms with E-state index in [-0.39, 0.29) is 0 Å². The number of rotatable bonds is 3. The summed E-state index contributed by atoms with van der Waals surface area (Å²) in [6, 6.07) is 4.32. The van der Waals surface area contributed by atoms with Crippen LogP contribution in [0.3, 0.4) is 0 Å². The van der Waals surface area contributed by atoms with Gasteiger partial charge in [0, 0.05) is 29.1 Å². The van der Waals surface area contributed by atoms with E-state index in [1.54, 1.807) is 0 Å². The molecule has 0 bridgehead atoms. The van der Waals surface area contributed by atoms with Crippen LogP contribution in [0.25, 0.3) is 0 Å².